The standard InChI is InChI=1S/C12H13N3O2S/c1-8-14-15-12(18-8)13-11(16)10(17-2)9-6-4-3-5-7-9/h3-7,10H,1-2H3,(H,13,15,16)/t10-/m1/s1. The van der Waals surface area contributed by atoms with Gasteiger partial charge in [0.1, 0.15) is 5.01 Å². The van der Waals surface area contributed by atoms with Gasteiger partial charge in [-0.05, 0) is 12.5 Å². The third-order valence-electron chi connectivity index (χ3n) is 2.33. The molecule has 1 amide bonds. The molecule has 0 spiro atoms. The monoisotopic (exact) mass is 263 g/mol. The van der Waals surface area contributed by atoms with Crippen LogP contribution in [0, 0.1) is 6.92 Å². The first kappa shape index (κ1) is 12.7. The van der Waals surface area contributed by atoms with Crippen LogP contribution in [0.25, 0.3) is 0 Å². The molecule has 18 heavy (non-hydrogen) atoms. The molecule has 0 radical (unpaired) electrons. The number of carbonyl (C=O) groups excluding carboxylic acids is 1. The zero-order chi connectivity index (χ0) is 13.0. The highest BCUT2D eigenvalue weighted by atomic mass is 32.1. The molecule has 1 N–H and O–H groups in total. The van der Waals surface area contributed by atoms with E-state index in [-0.39, 0.29) is 5.91 Å². The third kappa shape index (κ3) is 2.91. The van der Waals surface area contributed by atoms with Gasteiger partial charge in [-0.2, -0.15) is 0 Å². The van der Waals surface area contributed by atoms with Crippen LogP contribution in [0.5, 0.6) is 0 Å². The molecule has 0 bridgehead atoms. The zero-order valence-corrected chi connectivity index (χ0v) is 10.9. The van der Waals surface area contributed by atoms with Crippen molar-refractivity contribution >= 4 is 22.4 Å². The molecular formula is C12H13N3O2S. The van der Waals surface area contributed by atoms with Gasteiger partial charge in [0.2, 0.25) is 5.13 Å². The number of hydrogen-bond donors (Lipinski definition) is 1. The lowest BCUT2D eigenvalue weighted by molar-refractivity contribution is -0.126. The van der Waals surface area contributed by atoms with Crippen molar-refractivity contribution in [1.82, 2.24) is 10.2 Å². The summed E-state index contributed by atoms with van der Waals surface area (Å²) in [5.74, 6) is -0.250. The largest absolute Gasteiger partial charge is 0.367 e. The van der Waals surface area contributed by atoms with E-state index >= 15 is 0 Å². The van der Waals surface area contributed by atoms with Crippen LogP contribution in [-0.4, -0.2) is 23.2 Å². The molecule has 1 atom stereocenters. The molecule has 0 saturated heterocycles. The second-order valence-corrected chi connectivity index (χ2v) is 4.82. The van der Waals surface area contributed by atoms with Crippen molar-refractivity contribution in [2.75, 3.05) is 12.4 Å². The fraction of sp³-hybridized carbons (Fsp3) is 0.250. The van der Waals surface area contributed by atoms with Crippen molar-refractivity contribution in [3.05, 3.63) is 40.9 Å². The first-order valence-corrected chi connectivity index (χ1v) is 6.21. The lowest BCUT2D eigenvalue weighted by atomic mass is 10.1. The number of ether oxygens (including phenoxy) is 1. The van der Waals surface area contributed by atoms with E-state index in [9.17, 15) is 4.79 Å². The second-order valence-electron chi connectivity index (χ2n) is 3.64. The molecule has 5 nitrogen and oxygen atoms in total. The predicted molar refractivity (Wildman–Crippen MR) is 69.5 cm³/mol. The van der Waals surface area contributed by atoms with Crippen LogP contribution in [0.1, 0.15) is 16.7 Å². The summed E-state index contributed by atoms with van der Waals surface area (Å²) in [6.07, 6.45) is -0.643. The molecule has 2 rings (SSSR count). The maximum absolute atomic E-state index is 12.1. The molecule has 0 unspecified atom stereocenters. The smallest absolute Gasteiger partial charge is 0.259 e. The van der Waals surface area contributed by atoms with Gasteiger partial charge in [-0.25, -0.2) is 0 Å². The van der Waals surface area contributed by atoms with E-state index in [0.29, 0.717) is 5.13 Å². The van der Waals surface area contributed by atoms with Crippen LogP contribution in [0.15, 0.2) is 30.3 Å². The molecule has 0 fully saturated rings. The first-order valence-electron chi connectivity index (χ1n) is 5.39. The summed E-state index contributed by atoms with van der Waals surface area (Å²) in [6, 6.07) is 9.31. The van der Waals surface area contributed by atoms with Crippen LogP contribution >= 0.6 is 11.3 Å². The Kier molecular flexibility index (Phi) is 4.01. The number of nitrogens with one attached hydrogen (secondary N) is 1. The van der Waals surface area contributed by atoms with Crippen LogP contribution in [-0.2, 0) is 9.53 Å². The lowest BCUT2D eigenvalue weighted by Gasteiger charge is -2.14. The Balaban J connectivity index is 2.11. The van der Waals surface area contributed by atoms with Crippen molar-refractivity contribution in [3.63, 3.8) is 0 Å². The molecule has 1 aromatic heterocycles. The normalized spacial score (nSPS) is 12.1. The zero-order valence-electron chi connectivity index (χ0n) is 10.1. The van der Waals surface area contributed by atoms with Gasteiger partial charge in [0.15, 0.2) is 6.10 Å². The van der Waals surface area contributed by atoms with Crippen molar-refractivity contribution in [2.45, 2.75) is 13.0 Å². The van der Waals surface area contributed by atoms with Crippen molar-refractivity contribution < 1.29 is 9.53 Å². The van der Waals surface area contributed by atoms with Crippen LogP contribution in [0.4, 0.5) is 5.13 Å². The van der Waals surface area contributed by atoms with Gasteiger partial charge in [0.25, 0.3) is 5.91 Å². The third-order valence-corrected chi connectivity index (χ3v) is 3.09. The quantitative estimate of drug-likeness (QED) is 0.918. The number of aryl methyl sites for hydroxylation is 1. The predicted octanol–water partition coefficient (Wildman–Crippen LogP) is 2.17. The van der Waals surface area contributed by atoms with E-state index in [1.807, 2.05) is 37.3 Å². The lowest BCUT2D eigenvalue weighted by Crippen LogP contribution is -2.22. The van der Waals surface area contributed by atoms with Gasteiger partial charge in [0, 0.05) is 7.11 Å². The van der Waals surface area contributed by atoms with Crippen molar-refractivity contribution in [1.29, 1.82) is 0 Å². The number of aromatic nitrogens is 2. The molecule has 0 saturated carbocycles. The van der Waals surface area contributed by atoms with E-state index in [1.54, 1.807) is 0 Å². The average molecular weight is 263 g/mol. The number of rotatable bonds is 4. The summed E-state index contributed by atoms with van der Waals surface area (Å²) >= 11 is 1.33. The number of methoxy groups -OCH3 is 1. The molecule has 2 aromatic rings. The molecule has 0 aliphatic heterocycles. The topological polar surface area (TPSA) is 64.1 Å². The summed E-state index contributed by atoms with van der Waals surface area (Å²) in [5.41, 5.74) is 0.804. The Bertz CT molecular complexity index is 527. The van der Waals surface area contributed by atoms with Gasteiger partial charge in [-0.1, -0.05) is 41.7 Å². The highest BCUT2D eigenvalue weighted by molar-refractivity contribution is 7.15. The summed E-state index contributed by atoms with van der Waals surface area (Å²) in [7, 11) is 1.50. The van der Waals surface area contributed by atoms with Crippen molar-refractivity contribution in [2.24, 2.45) is 0 Å². The number of carbonyl (C=O) groups is 1. The van der Waals surface area contributed by atoms with Crippen LogP contribution in [0.3, 0.4) is 0 Å². The average Bonchev–Trinajstić information content (AvgIpc) is 2.77. The number of nitrogens with zero attached hydrogens (tertiary/aromatic N) is 2. The molecule has 94 valence electrons. The van der Waals surface area contributed by atoms with E-state index < -0.39 is 6.10 Å². The maximum atomic E-state index is 12.1. The number of anilines is 1. The second kappa shape index (κ2) is 5.70. The van der Waals surface area contributed by atoms with E-state index in [1.165, 1.54) is 18.4 Å². The van der Waals surface area contributed by atoms with Gasteiger partial charge in [-0.15, -0.1) is 10.2 Å². The molecular weight excluding hydrogens is 250 g/mol. The first-order chi connectivity index (χ1) is 8.70. The van der Waals surface area contributed by atoms with Crippen LogP contribution in [0.2, 0.25) is 0 Å². The van der Waals surface area contributed by atoms with Crippen LogP contribution < -0.4 is 5.32 Å². The highest BCUT2D eigenvalue weighted by Gasteiger charge is 2.20. The summed E-state index contributed by atoms with van der Waals surface area (Å²) in [6.45, 7) is 1.83. The Hall–Kier alpha value is -1.79. The summed E-state index contributed by atoms with van der Waals surface area (Å²) in [4.78, 5) is 12.1. The van der Waals surface area contributed by atoms with E-state index in [2.05, 4.69) is 15.5 Å². The Morgan fingerprint density at radius 2 is 2.06 bits per heavy atom. The van der Waals surface area contributed by atoms with Gasteiger partial charge in [-0.3, -0.25) is 10.1 Å². The number of benzene rings is 1. The fourth-order valence-electron chi connectivity index (χ4n) is 1.54. The summed E-state index contributed by atoms with van der Waals surface area (Å²) < 4.78 is 5.22. The molecule has 1 aromatic carbocycles. The van der Waals surface area contributed by atoms with E-state index in [4.69, 9.17) is 4.74 Å². The maximum Gasteiger partial charge on any atom is 0.259 e. The Morgan fingerprint density at radius 1 is 1.33 bits per heavy atom. The fourth-order valence-corrected chi connectivity index (χ4v) is 2.14. The molecule has 0 aliphatic rings. The minimum absolute atomic E-state index is 0.250. The van der Waals surface area contributed by atoms with Gasteiger partial charge < -0.3 is 4.74 Å². The molecule has 1 heterocycles. The highest BCUT2D eigenvalue weighted by Crippen LogP contribution is 2.20. The van der Waals surface area contributed by atoms with Crippen molar-refractivity contribution in [3.8, 4) is 0 Å². The Morgan fingerprint density at radius 3 is 2.61 bits per heavy atom. The SMILES string of the molecule is CO[C@@H](C(=O)Nc1nnc(C)s1)c1ccccc1. The number of hydrogen-bond acceptors (Lipinski definition) is 5. The summed E-state index contributed by atoms with van der Waals surface area (Å²) in [5, 5.41) is 11.7. The van der Waals surface area contributed by atoms with E-state index in [0.717, 1.165) is 10.6 Å². The van der Waals surface area contributed by atoms with Gasteiger partial charge >= 0.3 is 0 Å². The minimum atomic E-state index is -0.643. The molecule has 0 aliphatic carbocycles. The molecule has 6 heteroatoms. The Labute approximate surface area is 109 Å². The number of amides is 1. The van der Waals surface area contributed by atoms with Gasteiger partial charge in [0.05, 0.1) is 0 Å². The minimum Gasteiger partial charge on any atom is -0.367 e.